The Morgan fingerprint density at radius 1 is 1.41 bits per heavy atom. The Morgan fingerprint density at radius 2 is 2.24 bits per heavy atom. The maximum Gasteiger partial charge on any atom is 0.136 e. The first-order valence-electron chi connectivity index (χ1n) is 5.40. The fourth-order valence-corrected chi connectivity index (χ4v) is 2.65. The zero-order valence-corrected chi connectivity index (χ0v) is 11.0. The number of hydrogen-bond donors (Lipinski definition) is 1. The van der Waals surface area contributed by atoms with E-state index in [1.54, 1.807) is 4.68 Å². The normalized spacial score (nSPS) is 13.5. The minimum atomic E-state index is 0.660. The van der Waals surface area contributed by atoms with Crippen LogP contribution in [0, 0.1) is 0 Å². The standard InChI is InChI=1S/C12H12BrN3O/c1-16-11(14)6-10(15-16)8-4-7-2-3-17-12(7)9(13)5-8/h4-6H,2-3,14H2,1H3. The molecule has 1 aliphatic heterocycles. The van der Waals surface area contributed by atoms with Gasteiger partial charge in [-0.3, -0.25) is 4.68 Å². The lowest BCUT2D eigenvalue weighted by molar-refractivity contribution is 0.355. The van der Waals surface area contributed by atoms with Crippen LogP contribution in [0.2, 0.25) is 0 Å². The summed E-state index contributed by atoms with van der Waals surface area (Å²) in [5, 5.41) is 4.38. The van der Waals surface area contributed by atoms with E-state index in [0.717, 1.165) is 34.5 Å². The van der Waals surface area contributed by atoms with Crippen LogP contribution in [0.25, 0.3) is 11.3 Å². The molecule has 17 heavy (non-hydrogen) atoms. The van der Waals surface area contributed by atoms with E-state index in [1.807, 2.05) is 19.2 Å². The van der Waals surface area contributed by atoms with Gasteiger partial charge in [0.25, 0.3) is 0 Å². The number of ether oxygens (including phenoxy) is 1. The Kier molecular flexibility index (Phi) is 2.36. The van der Waals surface area contributed by atoms with Crippen LogP contribution in [0.4, 0.5) is 5.82 Å². The van der Waals surface area contributed by atoms with Gasteiger partial charge < -0.3 is 10.5 Å². The maximum atomic E-state index is 5.79. The molecule has 4 nitrogen and oxygen atoms in total. The highest BCUT2D eigenvalue weighted by Gasteiger charge is 2.18. The lowest BCUT2D eigenvalue weighted by atomic mass is 10.1. The number of nitrogens with zero attached hydrogens (tertiary/aromatic N) is 2. The van der Waals surface area contributed by atoms with Crippen molar-refractivity contribution >= 4 is 21.7 Å². The largest absolute Gasteiger partial charge is 0.492 e. The van der Waals surface area contributed by atoms with Crippen LogP contribution in [-0.4, -0.2) is 16.4 Å². The van der Waals surface area contributed by atoms with Crippen molar-refractivity contribution in [3.8, 4) is 17.0 Å². The average molecular weight is 294 g/mol. The molecule has 1 aliphatic rings. The molecule has 5 heteroatoms. The van der Waals surface area contributed by atoms with Gasteiger partial charge in [-0.1, -0.05) is 0 Å². The smallest absolute Gasteiger partial charge is 0.136 e. The summed E-state index contributed by atoms with van der Waals surface area (Å²) in [6.45, 7) is 0.752. The van der Waals surface area contributed by atoms with E-state index in [4.69, 9.17) is 10.5 Å². The fraction of sp³-hybridized carbons (Fsp3) is 0.250. The van der Waals surface area contributed by atoms with E-state index < -0.39 is 0 Å². The highest BCUT2D eigenvalue weighted by Crippen LogP contribution is 2.37. The fourth-order valence-electron chi connectivity index (χ4n) is 2.03. The van der Waals surface area contributed by atoms with Crippen molar-refractivity contribution in [2.24, 2.45) is 7.05 Å². The minimum Gasteiger partial charge on any atom is -0.492 e. The Morgan fingerprint density at radius 3 is 2.94 bits per heavy atom. The summed E-state index contributed by atoms with van der Waals surface area (Å²) in [5.41, 5.74) is 8.97. The molecule has 1 aromatic heterocycles. The zero-order chi connectivity index (χ0) is 12.0. The van der Waals surface area contributed by atoms with Crippen molar-refractivity contribution in [1.82, 2.24) is 9.78 Å². The summed E-state index contributed by atoms with van der Waals surface area (Å²) in [6, 6.07) is 6.02. The molecular formula is C12H12BrN3O. The van der Waals surface area contributed by atoms with Crippen molar-refractivity contribution in [1.29, 1.82) is 0 Å². The molecule has 0 radical (unpaired) electrons. The SMILES string of the molecule is Cn1nc(-c2cc(Br)c3c(c2)CCO3)cc1N. The summed E-state index contributed by atoms with van der Waals surface area (Å²) in [7, 11) is 1.84. The summed E-state index contributed by atoms with van der Waals surface area (Å²) >= 11 is 3.53. The molecule has 0 unspecified atom stereocenters. The number of fused-ring (bicyclic) bond motifs is 1. The van der Waals surface area contributed by atoms with Crippen LogP contribution in [-0.2, 0) is 13.5 Å². The summed E-state index contributed by atoms with van der Waals surface area (Å²) in [6.07, 6.45) is 0.949. The van der Waals surface area contributed by atoms with Gasteiger partial charge in [-0.2, -0.15) is 5.10 Å². The number of nitrogen functional groups attached to an aromatic ring is 1. The van der Waals surface area contributed by atoms with E-state index in [2.05, 4.69) is 27.1 Å². The summed E-state index contributed by atoms with van der Waals surface area (Å²) in [4.78, 5) is 0. The minimum absolute atomic E-state index is 0.660. The molecule has 0 bridgehead atoms. The molecule has 0 spiro atoms. The molecular weight excluding hydrogens is 282 g/mol. The Labute approximate surface area is 108 Å². The second-order valence-corrected chi connectivity index (χ2v) is 4.98. The van der Waals surface area contributed by atoms with Crippen molar-refractivity contribution in [2.75, 3.05) is 12.3 Å². The summed E-state index contributed by atoms with van der Waals surface area (Å²) < 4.78 is 8.20. The van der Waals surface area contributed by atoms with Gasteiger partial charge in [-0.05, 0) is 33.6 Å². The van der Waals surface area contributed by atoms with Gasteiger partial charge in [0, 0.05) is 25.1 Å². The molecule has 3 rings (SSSR count). The predicted molar refractivity (Wildman–Crippen MR) is 70.0 cm³/mol. The number of nitrogens with two attached hydrogens (primary N) is 1. The van der Waals surface area contributed by atoms with Crippen LogP contribution >= 0.6 is 15.9 Å². The second kappa shape index (κ2) is 3.77. The molecule has 88 valence electrons. The molecule has 0 atom stereocenters. The van der Waals surface area contributed by atoms with Gasteiger partial charge >= 0.3 is 0 Å². The van der Waals surface area contributed by atoms with Crippen molar-refractivity contribution in [3.63, 3.8) is 0 Å². The second-order valence-electron chi connectivity index (χ2n) is 4.12. The number of aromatic nitrogens is 2. The number of halogens is 1. The monoisotopic (exact) mass is 293 g/mol. The van der Waals surface area contributed by atoms with E-state index in [1.165, 1.54) is 5.56 Å². The van der Waals surface area contributed by atoms with E-state index in [9.17, 15) is 0 Å². The molecule has 2 aromatic rings. The van der Waals surface area contributed by atoms with Crippen molar-refractivity contribution < 1.29 is 4.74 Å². The Hall–Kier alpha value is -1.49. The van der Waals surface area contributed by atoms with Crippen LogP contribution in [0.5, 0.6) is 5.75 Å². The van der Waals surface area contributed by atoms with E-state index in [0.29, 0.717) is 5.82 Å². The first-order valence-corrected chi connectivity index (χ1v) is 6.19. The highest BCUT2D eigenvalue weighted by molar-refractivity contribution is 9.10. The van der Waals surface area contributed by atoms with Gasteiger partial charge in [0.15, 0.2) is 0 Å². The first-order chi connectivity index (χ1) is 8.15. The molecule has 2 N–H and O–H groups in total. The van der Waals surface area contributed by atoms with Gasteiger partial charge in [-0.15, -0.1) is 0 Å². The zero-order valence-electron chi connectivity index (χ0n) is 9.40. The van der Waals surface area contributed by atoms with Crippen LogP contribution in [0.15, 0.2) is 22.7 Å². The number of benzene rings is 1. The molecule has 0 aliphatic carbocycles. The van der Waals surface area contributed by atoms with Crippen molar-refractivity contribution in [3.05, 3.63) is 28.2 Å². The third-order valence-electron chi connectivity index (χ3n) is 2.95. The Bertz CT molecular complexity index is 572. The van der Waals surface area contributed by atoms with Gasteiger partial charge in [0.05, 0.1) is 16.8 Å². The maximum absolute atomic E-state index is 5.79. The lowest BCUT2D eigenvalue weighted by Crippen LogP contribution is -1.96. The van der Waals surface area contributed by atoms with E-state index >= 15 is 0 Å². The molecule has 2 heterocycles. The molecule has 1 aromatic carbocycles. The molecule has 0 saturated heterocycles. The lowest BCUT2D eigenvalue weighted by Gasteiger charge is -2.04. The topological polar surface area (TPSA) is 53.1 Å². The quantitative estimate of drug-likeness (QED) is 0.878. The highest BCUT2D eigenvalue weighted by atomic mass is 79.9. The van der Waals surface area contributed by atoms with Crippen LogP contribution in [0.1, 0.15) is 5.56 Å². The first kappa shape index (κ1) is 10.7. The van der Waals surface area contributed by atoms with Gasteiger partial charge in [-0.25, -0.2) is 0 Å². The number of anilines is 1. The average Bonchev–Trinajstić information content (AvgIpc) is 2.87. The van der Waals surface area contributed by atoms with Gasteiger partial charge in [0.2, 0.25) is 0 Å². The van der Waals surface area contributed by atoms with Crippen molar-refractivity contribution in [2.45, 2.75) is 6.42 Å². The van der Waals surface area contributed by atoms with Crippen LogP contribution in [0.3, 0.4) is 0 Å². The number of aryl methyl sites for hydroxylation is 1. The van der Waals surface area contributed by atoms with E-state index in [-0.39, 0.29) is 0 Å². The molecule has 0 amide bonds. The molecule has 0 fully saturated rings. The number of hydrogen-bond acceptors (Lipinski definition) is 3. The Balaban J connectivity index is 2.13. The van der Waals surface area contributed by atoms with Crippen LogP contribution < -0.4 is 10.5 Å². The summed E-state index contributed by atoms with van der Waals surface area (Å²) in [5.74, 6) is 1.62. The number of rotatable bonds is 1. The molecule has 0 saturated carbocycles. The predicted octanol–water partition coefficient (Wildman–Crippen LogP) is 2.37. The third-order valence-corrected chi connectivity index (χ3v) is 3.54. The van der Waals surface area contributed by atoms with Gasteiger partial charge in [0.1, 0.15) is 11.6 Å². The third kappa shape index (κ3) is 1.70.